The zero-order valence-corrected chi connectivity index (χ0v) is 13.2. The minimum atomic E-state index is -0.585. The van der Waals surface area contributed by atoms with Gasteiger partial charge < -0.3 is 19.6 Å². The summed E-state index contributed by atoms with van der Waals surface area (Å²) in [5.74, 6) is 1.19. The monoisotopic (exact) mass is 340 g/mol. The van der Waals surface area contributed by atoms with Gasteiger partial charge in [0.1, 0.15) is 11.5 Å². The van der Waals surface area contributed by atoms with Gasteiger partial charge in [-0.15, -0.1) is 0 Å². The third-order valence-corrected chi connectivity index (χ3v) is 3.44. The Balaban J connectivity index is 2.00. The lowest BCUT2D eigenvalue weighted by Gasteiger charge is -2.09. The maximum Gasteiger partial charge on any atom is 0.270 e. The number of benzene rings is 1. The molecule has 124 valence electrons. The van der Waals surface area contributed by atoms with Gasteiger partial charge in [-0.05, 0) is 18.2 Å². The van der Waals surface area contributed by atoms with E-state index in [4.69, 9.17) is 20.8 Å². The second-order valence-electron chi connectivity index (χ2n) is 4.93. The van der Waals surface area contributed by atoms with Crippen molar-refractivity contribution in [1.82, 2.24) is 5.32 Å². The molecule has 0 saturated heterocycles. The minimum Gasteiger partial charge on any atom is -0.460 e. The number of non-ortho nitro benzene ring substituents is 1. The highest BCUT2D eigenvalue weighted by Crippen LogP contribution is 2.32. The quantitative estimate of drug-likeness (QED) is 0.566. The summed E-state index contributed by atoms with van der Waals surface area (Å²) < 4.78 is 10.5. The van der Waals surface area contributed by atoms with Gasteiger partial charge in [0.2, 0.25) is 0 Å². The van der Waals surface area contributed by atoms with Crippen molar-refractivity contribution in [1.29, 1.82) is 0 Å². The lowest BCUT2D eigenvalue weighted by Crippen LogP contribution is -2.29. The first kappa shape index (κ1) is 17.4. The second kappa shape index (κ2) is 8.07. The van der Waals surface area contributed by atoms with E-state index in [1.54, 1.807) is 18.2 Å². The van der Waals surface area contributed by atoms with Crippen molar-refractivity contribution in [2.45, 2.75) is 12.6 Å². The summed E-state index contributed by atoms with van der Waals surface area (Å²) in [7, 11) is 1.52. The summed E-state index contributed by atoms with van der Waals surface area (Å²) >= 11 is 6.07. The zero-order chi connectivity index (χ0) is 16.8. The van der Waals surface area contributed by atoms with Crippen LogP contribution in [0.5, 0.6) is 0 Å². The van der Waals surface area contributed by atoms with Gasteiger partial charge in [-0.3, -0.25) is 10.1 Å². The van der Waals surface area contributed by atoms with Gasteiger partial charge in [-0.1, -0.05) is 11.6 Å². The molecule has 0 aliphatic carbocycles. The van der Waals surface area contributed by atoms with Crippen molar-refractivity contribution in [2.75, 3.05) is 20.3 Å². The molecule has 1 heterocycles. The van der Waals surface area contributed by atoms with Crippen molar-refractivity contribution in [3.05, 3.63) is 51.2 Å². The maximum absolute atomic E-state index is 10.7. The van der Waals surface area contributed by atoms with Crippen molar-refractivity contribution in [2.24, 2.45) is 0 Å². The van der Waals surface area contributed by atoms with Crippen LogP contribution in [0.25, 0.3) is 11.3 Å². The molecule has 0 fully saturated rings. The van der Waals surface area contributed by atoms with Crippen LogP contribution in [-0.2, 0) is 11.3 Å². The highest BCUT2D eigenvalue weighted by atomic mass is 35.5. The Hall–Kier alpha value is -1.93. The smallest absolute Gasteiger partial charge is 0.270 e. The highest BCUT2D eigenvalue weighted by molar-refractivity contribution is 6.33. The van der Waals surface area contributed by atoms with Crippen molar-refractivity contribution >= 4 is 17.3 Å². The van der Waals surface area contributed by atoms with Gasteiger partial charge in [0.25, 0.3) is 5.69 Å². The molecule has 0 bridgehead atoms. The minimum absolute atomic E-state index is 0.0701. The summed E-state index contributed by atoms with van der Waals surface area (Å²) in [6, 6.07) is 7.75. The number of ether oxygens (including phenoxy) is 1. The van der Waals surface area contributed by atoms with Crippen LogP contribution in [0, 0.1) is 10.1 Å². The zero-order valence-electron chi connectivity index (χ0n) is 12.5. The summed E-state index contributed by atoms with van der Waals surface area (Å²) in [5.41, 5.74) is 0.516. The summed E-state index contributed by atoms with van der Waals surface area (Å²) in [6.07, 6.45) is -0.585. The van der Waals surface area contributed by atoms with E-state index < -0.39 is 11.0 Å². The number of methoxy groups -OCH3 is 1. The molecule has 1 unspecified atom stereocenters. The summed E-state index contributed by atoms with van der Waals surface area (Å²) in [4.78, 5) is 10.2. The number of hydrogen-bond acceptors (Lipinski definition) is 6. The van der Waals surface area contributed by atoms with E-state index >= 15 is 0 Å². The van der Waals surface area contributed by atoms with Gasteiger partial charge in [-0.2, -0.15) is 0 Å². The number of nitrogens with one attached hydrogen (secondary N) is 1. The molecule has 0 radical (unpaired) electrons. The van der Waals surface area contributed by atoms with Crippen LogP contribution >= 0.6 is 11.6 Å². The Morgan fingerprint density at radius 1 is 1.43 bits per heavy atom. The van der Waals surface area contributed by atoms with E-state index in [1.165, 1.54) is 19.2 Å². The van der Waals surface area contributed by atoms with Crippen LogP contribution in [0.3, 0.4) is 0 Å². The predicted molar refractivity (Wildman–Crippen MR) is 85.4 cm³/mol. The molecule has 0 aliphatic heterocycles. The number of aliphatic hydroxyl groups excluding tert-OH is 1. The van der Waals surface area contributed by atoms with Crippen molar-refractivity contribution in [3.63, 3.8) is 0 Å². The Morgan fingerprint density at radius 3 is 2.87 bits per heavy atom. The third-order valence-electron chi connectivity index (χ3n) is 3.13. The molecule has 0 amide bonds. The van der Waals surface area contributed by atoms with Crippen molar-refractivity contribution in [3.8, 4) is 11.3 Å². The van der Waals surface area contributed by atoms with Gasteiger partial charge in [0.05, 0.1) is 29.2 Å². The number of furan rings is 1. The number of rotatable bonds is 8. The molecule has 23 heavy (non-hydrogen) atoms. The van der Waals surface area contributed by atoms with E-state index in [9.17, 15) is 15.2 Å². The second-order valence-corrected chi connectivity index (χ2v) is 5.33. The SMILES string of the molecule is COCC(O)CNCc1ccc(-c2ccc([N+](=O)[O-])cc2Cl)o1. The Kier molecular flexibility index (Phi) is 6.12. The van der Waals surface area contributed by atoms with E-state index in [0.717, 1.165) is 0 Å². The van der Waals surface area contributed by atoms with Crippen LogP contribution in [-0.4, -0.2) is 36.4 Å². The Bertz CT molecular complexity index is 674. The average Bonchev–Trinajstić information content (AvgIpc) is 2.96. The van der Waals surface area contributed by atoms with Crippen LogP contribution in [0.2, 0.25) is 5.02 Å². The molecule has 1 aromatic heterocycles. The van der Waals surface area contributed by atoms with Gasteiger partial charge in [-0.25, -0.2) is 0 Å². The number of hydrogen-bond donors (Lipinski definition) is 2. The maximum atomic E-state index is 10.7. The predicted octanol–water partition coefficient (Wildman–Crippen LogP) is 2.61. The number of nitro groups is 1. The third kappa shape index (κ3) is 4.77. The van der Waals surface area contributed by atoms with Crippen LogP contribution in [0.4, 0.5) is 5.69 Å². The van der Waals surface area contributed by atoms with Crippen LogP contribution in [0.15, 0.2) is 34.7 Å². The Labute approximate surface area is 138 Å². The fraction of sp³-hybridized carbons (Fsp3) is 0.333. The molecule has 1 aromatic carbocycles. The molecule has 1 atom stereocenters. The number of aliphatic hydroxyl groups is 1. The fourth-order valence-corrected chi connectivity index (χ4v) is 2.32. The standard InChI is InChI=1S/C15H17ClN2O5/c1-22-9-11(19)7-17-8-12-3-5-15(23-12)13-4-2-10(18(20)21)6-14(13)16/h2-6,11,17,19H,7-9H2,1H3. The molecule has 2 N–H and O–H groups in total. The molecule has 8 heteroatoms. The Morgan fingerprint density at radius 2 is 2.22 bits per heavy atom. The molecule has 7 nitrogen and oxygen atoms in total. The van der Waals surface area contributed by atoms with Gasteiger partial charge in [0, 0.05) is 31.4 Å². The highest BCUT2D eigenvalue weighted by Gasteiger charge is 2.13. The van der Waals surface area contributed by atoms with Crippen LogP contribution in [0.1, 0.15) is 5.76 Å². The lowest BCUT2D eigenvalue weighted by molar-refractivity contribution is -0.384. The fourth-order valence-electron chi connectivity index (χ4n) is 2.05. The molecular weight excluding hydrogens is 324 g/mol. The molecule has 0 aliphatic rings. The summed E-state index contributed by atoms with van der Waals surface area (Å²) in [5, 5.41) is 23.5. The lowest BCUT2D eigenvalue weighted by atomic mass is 10.1. The first-order valence-corrected chi connectivity index (χ1v) is 7.29. The first-order chi connectivity index (χ1) is 11.0. The number of halogens is 1. The average molecular weight is 341 g/mol. The normalized spacial score (nSPS) is 12.3. The molecular formula is C15H17ClN2O5. The number of nitrogens with zero attached hydrogens (tertiary/aromatic N) is 1. The molecule has 2 aromatic rings. The first-order valence-electron chi connectivity index (χ1n) is 6.92. The molecule has 0 spiro atoms. The van der Waals surface area contributed by atoms with E-state index in [0.29, 0.717) is 30.2 Å². The topological polar surface area (TPSA) is 97.8 Å². The largest absolute Gasteiger partial charge is 0.460 e. The van der Waals surface area contributed by atoms with E-state index in [-0.39, 0.29) is 17.3 Å². The number of nitro benzene ring substituents is 1. The van der Waals surface area contributed by atoms with E-state index in [1.807, 2.05) is 0 Å². The van der Waals surface area contributed by atoms with Crippen LogP contribution < -0.4 is 5.32 Å². The van der Waals surface area contributed by atoms with E-state index in [2.05, 4.69) is 5.32 Å². The van der Waals surface area contributed by atoms with Gasteiger partial charge in [0.15, 0.2) is 0 Å². The summed E-state index contributed by atoms with van der Waals surface area (Å²) in [6.45, 7) is 1.07. The van der Waals surface area contributed by atoms with Crippen molar-refractivity contribution < 1.29 is 19.2 Å². The van der Waals surface area contributed by atoms with Gasteiger partial charge >= 0.3 is 0 Å². The molecule has 0 saturated carbocycles. The molecule has 2 rings (SSSR count).